The van der Waals surface area contributed by atoms with Crippen molar-refractivity contribution in [3.05, 3.63) is 23.8 Å². The molecule has 0 aliphatic heterocycles. The smallest absolute Gasteiger partial charge is 0.0953 e. The molecule has 3 heteroatoms. The SMILES string of the molecule is CC(=Cc1cncn1C(C)C)CO. The number of rotatable bonds is 3. The second-order valence-corrected chi connectivity index (χ2v) is 3.47. The number of imidazole rings is 1. The Morgan fingerprint density at radius 3 is 2.92 bits per heavy atom. The van der Waals surface area contributed by atoms with Crippen molar-refractivity contribution in [2.45, 2.75) is 26.8 Å². The fourth-order valence-corrected chi connectivity index (χ4v) is 1.16. The first kappa shape index (κ1) is 9.99. The summed E-state index contributed by atoms with van der Waals surface area (Å²) in [7, 11) is 0. The van der Waals surface area contributed by atoms with E-state index in [-0.39, 0.29) is 6.61 Å². The van der Waals surface area contributed by atoms with Gasteiger partial charge in [0.2, 0.25) is 0 Å². The Morgan fingerprint density at radius 2 is 2.38 bits per heavy atom. The van der Waals surface area contributed by atoms with E-state index in [9.17, 15) is 0 Å². The molecule has 1 heterocycles. The van der Waals surface area contributed by atoms with Gasteiger partial charge >= 0.3 is 0 Å². The minimum atomic E-state index is 0.100. The number of aromatic nitrogens is 2. The Morgan fingerprint density at radius 1 is 1.69 bits per heavy atom. The molecular formula is C10H16N2O. The van der Waals surface area contributed by atoms with Crippen molar-refractivity contribution in [3.63, 3.8) is 0 Å². The molecule has 13 heavy (non-hydrogen) atoms. The zero-order valence-corrected chi connectivity index (χ0v) is 8.36. The maximum Gasteiger partial charge on any atom is 0.0953 e. The summed E-state index contributed by atoms with van der Waals surface area (Å²) in [5.74, 6) is 0. The third kappa shape index (κ3) is 2.42. The summed E-state index contributed by atoms with van der Waals surface area (Å²) in [6.45, 7) is 6.21. The minimum absolute atomic E-state index is 0.100. The summed E-state index contributed by atoms with van der Waals surface area (Å²) in [6.07, 6.45) is 5.56. The van der Waals surface area contributed by atoms with Crippen LogP contribution < -0.4 is 0 Å². The van der Waals surface area contributed by atoms with Crippen LogP contribution in [0.25, 0.3) is 6.08 Å². The highest BCUT2D eigenvalue weighted by Gasteiger charge is 2.02. The average molecular weight is 180 g/mol. The molecule has 0 bridgehead atoms. The number of nitrogens with zero attached hydrogens (tertiary/aromatic N) is 2. The molecule has 0 fully saturated rings. The summed E-state index contributed by atoms with van der Waals surface area (Å²) in [6, 6.07) is 0.403. The molecular weight excluding hydrogens is 164 g/mol. The van der Waals surface area contributed by atoms with E-state index < -0.39 is 0 Å². The summed E-state index contributed by atoms with van der Waals surface area (Å²) >= 11 is 0. The highest BCUT2D eigenvalue weighted by atomic mass is 16.3. The van der Waals surface area contributed by atoms with Gasteiger partial charge < -0.3 is 9.67 Å². The molecule has 0 aromatic carbocycles. The van der Waals surface area contributed by atoms with E-state index in [0.717, 1.165) is 11.3 Å². The van der Waals surface area contributed by atoms with Gasteiger partial charge in [0.15, 0.2) is 0 Å². The Balaban J connectivity index is 2.94. The van der Waals surface area contributed by atoms with E-state index >= 15 is 0 Å². The number of aliphatic hydroxyl groups excluding tert-OH is 1. The third-order valence-electron chi connectivity index (χ3n) is 1.90. The van der Waals surface area contributed by atoms with Gasteiger partial charge in [-0.15, -0.1) is 0 Å². The van der Waals surface area contributed by atoms with Crippen molar-refractivity contribution < 1.29 is 5.11 Å². The van der Waals surface area contributed by atoms with Gasteiger partial charge in [-0.2, -0.15) is 0 Å². The lowest BCUT2D eigenvalue weighted by molar-refractivity contribution is 0.332. The fraction of sp³-hybridized carbons (Fsp3) is 0.500. The van der Waals surface area contributed by atoms with Crippen LogP contribution in [-0.4, -0.2) is 21.3 Å². The quantitative estimate of drug-likeness (QED) is 0.771. The average Bonchev–Trinajstić information content (AvgIpc) is 2.52. The zero-order chi connectivity index (χ0) is 9.84. The van der Waals surface area contributed by atoms with Gasteiger partial charge in [-0.05, 0) is 32.4 Å². The largest absolute Gasteiger partial charge is 0.392 e. The van der Waals surface area contributed by atoms with Gasteiger partial charge in [0.1, 0.15) is 0 Å². The predicted octanol–water partition coefficient (Wildman–Crippen LogP) is 1.86. The predicted molar refractivity (Wildman–Crippen MR) is 53.3 cm³/mol. The Hall–Kier alpha value is -1.09. The van der Waals surface area contributed by atoms with Crippen molar-refractivity contribution in [1.29, 1.82) is 0 Å². The molecule has 1 aromatic rings. The Bertz CT molecular complexity index is 300. The number of hydrogen-bond donors (Lipinski definition) is 1. The lowest BCUT2D eigenvalue weighted by Gasteiger charge is -2.09. The van der Waals surface area contributed by atoms with Crippen molar-refractivity contribution >= 4 is 6.08 Å². The normalized spacial score (nSPS) is 12.5. The van der Waals surface area contributed by atoms with Crippen LogP contribution >= 0.6 is 0 Å². The first-order chi connectivity index (χ1) is 6.15. The standard InChI is InChI=1S/C10H16N2O/c1-8(2)12-7-11-5-10(12)4-9(3)6-13/h4-5,7-8,13H,6H2,1-3H3. The molecule has 0 radical (unpaired) electrons. The molecule has 0 amide bonds. The van der Waals surface area contributed by atoms with E-state index in [1.54, 1.807) is 12.5 Å². The van der Waals surface area contributed by atoms with E-state index in [4.69, 9.17) is 5.11 Å². The lowest BCUT2D eigenvalue weighted by Crippen LogP contribution is -2.01. The van der Waals surface area contributed by atoms with Crippen molar-refractivity contribution in [2.24, 2.45) is 0 Å². The van der Waals surface area contributed by atoms with Crippen LogP contribution in [0.1, 0.15) is 32.5 Å². The Labute approximate surface area is 78.7 Å². The molecule has 1 N–H and O–H groups in total. The van der Waals surface area contributed by atoms with Gasteiger partial charge in [0.05, 0.1) is 24.8 Å². The topological polar surface area (TPSA) is 38.0 Å². The molecule has 3 nitrogen and oxygen atoms in total. The summed E-state index contributed by atoms with van der Waals surface area (Å²) < 4.78 is 2.07. The Kier molecular flexibility index (Phi) is 3.25. The third-order valence-corrected chi connectivity index (χ3v) is 1.90. The highest BCUT2D eigenvalue weighted by Crippen LogP contribution is 2.11. The summed E-state index contributed by atoms with van der Waals surface area (Å²) in [4.78, 5) is 4.07. The maximum absolute atomic E-state index is 8.87. The van der Waals surface area contributed by atoms with Crippen LogP contribution in [0.2, 0.25) is 0 Å². The van der Waals surface area contributed by atoms with Crippen LogP contribution in [0.5, 0.6) is 0 Å². The van der Waals surface area contributed by atoms with Gasteiger partial charge in [0, 0.05) is 6.04 Å². The molecule has 0 saturated heterocycles. The van der Waals surface area contributed by atoms with Gasteiger partial charge in [-0.25, -0.2) is 4.98 Å². The summed E-state index contributed by atoms with van der Waals surface area (Å²) in [5.41, 5.74) is 1.99. The van der Waals surface area contributed by atoms with Crippen LogP contribution in [0.3, 0.4) is 0 Å². The fourth-order valence-electron chi connectivity index (χ4n) is 1.16. The lowest BCUT2D eigenvalue weighted by atomic mass is 10.2. The summed E-state index contributed by atoms with van der Waals surface area (Å²) in [5, 5.41) is 8.87. The minimum Gasteiger partial charge on any atom is -0.392 e. The first-order valence-electron chi connectivity index (χ1n) is 4.45. The second-order valence-electron chi connectivity index (χ2n) is 3.47. The van der Waals surface area contributed by atoms with E-state index in [1.807, 2.05) is 13.0 Å². The molecule has 0 unspecified atom stereocenters. The van der Waals surface area contributed by atoms with E-state index in [1.165, 1.54) is 0 Å². The molecule has 0 atom stereocenters. The molecule has 1 aromatic heterocycles. The van der Waals surface area contributed by atoms with Crippen molar-refractivity contribution in [3.8, 4) is 0 Å². The van der Waals surface area contributed by atoms with Crippen LogP contribution in [0.15, 0.2) is 18.1 Å². The maximum atomic E-state index is 8.87. The van der Waals surface area contributed by atoms with Crippen LogP contribution in [0, 0.1) is 0 Å². The van der Waals surface area contributed by atoms with Crippen molar-refractivity contribution in [1.82, 2.24) is 9.55 Å². The second kappa shape index (κ2) is 4.23. The molecule has 0 aliphatic carbocycles. The van der Waals surface area contributed by atoms with Crippen molar-refractivity contribution in [2.75, 3.05) is 6.61 Å². The molecule has 0 spiro atoms. The first-order valence-corrected chi connectivity index (χ1v) is 4.45. The number of aliphatic hydroxyl groups is 1. The monoisotopic (exact) mass is 180 g/mol. The van der Waals surface area contributed by atoms with Gasteiger partial charge in [-0.1, -0.05) is 0 Å². The molecule has 0 aliphatic rings. The van der Waals surface area contributed by atoms with Crippen LogP contribution in [-0.2, 0) is 0 Å². The van der Waals surface area contributed by atoms with E-state index in [0.29, 0.717) is 6.04 Å². The molecule has 72 valence electrons. The number of hydrogen-bond acceptors (Lipinski definition) is 2. The van der Waals surface area contributed by atoms with Gasteiger partial charge in [-0.3, -0.25) is 0 Å². The zero-order valence-electron chi connectivity index (χ0n) is 8.36. The van der Waals surface area contributed by atoms with Crippen LogP contribution in [0.4, 0.5) is 0 Å². The van der Waals surface area contributed by atoms with E-state index in [2.05, 4.69) is 23.4 Å². The molecule has 1 rings (SSSR count). The van der Waals surface area contributed by atoms with Gasteiger partial charge in [0.25, 0.3) is 0 Å². The molecule has 0 saturated carbocycles. The highest BCUT2D eigenvalue weighted by molar-refractivity contribution is 5.48.